The van der Waals surface area contributed by atoms with Crippen LogP contribution in [-0.2, 0) is 9.53 Å². The van der Waals surface area contributed by atoms with Crippen LogP contribution in [0.25, 0.3) is 0 Å². The molecular formula is C14H25FN2O2. The summed E-state index contributed by atoms with van der Waals surface area (Å²) in [4.78, 5) is 15.8. The Balaban J connectivity index is 1.80. The highest BCUT2D eigenvalue weighted by molar-refractivity contribution is 5.84. The van der Waals surface area contributed by atoms with Gasteiger partial charge in [0.05, 0.1) is 12.7 Å². The zero-order chi connectivity index (χ0) is 14.0. The first-order valence-corrected chi connectivity index (χ1v) is 7.14. The van der Waals surface area contributed by atoms with E-state index in [1.165, 1.54) is 26.7 Å². The summed E-state index contributed by atoms with van der Waals surface area (Å²) >= 11 is 0. The molecule has 2 aliphatic rings. The molecule has 2 fully saturated rings. The molecule has 1 unspecified atom stereocenters. The normalized spacial score (nSPS) is 24.9. The van der Waals surface area contributed by atoms with E-state index in [0.29, 0.717) is 19.7 Å². The molecule has 1 amide bonds. The lowest BCUT2D eigenvalue weighted by Crippen LogP contribution is -2.53. The minimum Gasteiger partial charge on any atom is -0.373 e. The highest BCUT2D eigenvalue weighted by atomic mass is 19.1. The molecule has 0 bridgehead atoms. The molecule has 0 aromatic heterocycles. The van der Waals surface area contributed by atoms with Crippen molar-refractivity contribution < 1.29 is 13.9 Å². The molecule has 110 valence electrons. The largest absolute Gasteiger partial charge is 0.373 e. The summed E-state index contributed by atoms with van der Waals surface area (Å²) in [5, 5.41) is 0. The van der Waals surface area contributed by atoms with Gasteiger partial charge >= 0.3 is 0 Å². The number of hydrogen-bond donors (Lipinski definition) is 0. The number of nitrogens with zero attached hydrogens (tertiary/aromatic N) is 2. The second-order valence-electron chi connectivity index (χ2n) is 6.38. The fraction of sp³-hybridized carbons (Fsp3) is 0.929. The zero-order valence-electron chi connectivity index (χ0n) is 12.2. The van der Waals surface area contributed by atoms with Gasteiger partial charge in [-0.15, -0.1) is 0 Å². The number of carbonyl (C=O) groups excluding carboxylic acids is 1. The first-order valence-electron chi connectivity index (χ1n) is 7.14. The summed E-state index contributed by atoms with van der Waals surface area (Å²) in [6, 6.07) is 0. The molecule has 2 rings (SSSR count). The highest BCUT2D eigenvalue weighted by Crippen LogP contribution is 2.29. The van der Waals surface area contributed by atoms with Gasteiger partial charge in [-0.3, -0.25) is 4.79 Å². The Labute approximate surface area is 114 Å². The Hall–Kier alpha value is -0.680. The molecule has 1 atom stereocenters. The van der Waals surface area contributed by atoms with Crippen LogP contribution in [-0.4, -0.2) is 67.3 Å². The molecule has 0 aromatic carbocycles. The maximum atomic E-state index is 13.7. The van der Waals surface area contributed by atoms with Crippen molar-refractivity contribution in [2.45, 2.75) is 38.5 Å². The fourth-order valence-corrected chi connectivity index (χ4v) is 2.55. The SMILES string of the molecule is CN(CC1CC1)CC1CN(C(=O)C(C)(C)F)CCO1. The molecule has 1 saturated heterocycles. The number of alkyl halides is 1. The molecular weight excluding hydrogens is 247 g/mol. The van der Waals surface area contributed by atoms with Crippen LogP contribution in [0.5, 0.6) is 0 Å². The number of amides is 1. The van der Waals surface area contributed by atoms with Gasteiger partial charge in [-0.05, 0) is 39.7 Å². The highest BCUT2D eigenvalue weighted by Gasteiger charge is 2.35. The summed E-state index contributed by atoms with van der Waals surface area (Å²) in [5.74, 6) is 0.418. The second kappa shape index (κ2) is 5.75. The van der Waals surface area contributed by atoms with E-state index in [9.17, 15) is 9.18 Å². The average Bonchev–Trinajstić information content (AvgIpc) is 3.10. The van der Waals surface area contributed by atoms with Gasteiger partial charge in [0.2, 0.25) is 0 Å². The third-order valence-corrected chi connectivity index (χ3v) is 3.72. The minimum atomic E-state index is -1.79. The first-order chi connectivity index (χ1) is 8.86. The summed E-state index contributed by atoms with van der Waals surface area (Å²) in [5.41, 5.74) is -1.79. The van der Waals surface area contributed by atoms with Crippen molar-refractivity contribution in [3.63, 3.8) is 0 Å². The van der Waals surface area contributed by atoms with Crippen LogP contribution in [0.1, 0.15) is 26.7 Å². The number of hydrogen-bond acceptors (Lipinski definition) is 3. The lowest BCUT2D eigenvalue weighted by Gasteiger charge is -2.36. The van der Waals surface area contributed by atoms with E-state index in [1.807, 2.05) is 0 Å². The van der Waals surface area contributed by atoms with E-state index in [2.05, 4.69) is 11.9 Å². The maximum absolute atomic E-state index is 13.7. The molecule has 1 heterocycles. The molecule has 1 saturated carbocycles. The Bertz CT molecular complexity index is 326. The molecule has 4 nitrogen and oxygen atoms in total. The minimum absolute atomic E-state index is 0.00352. The van der Waals surface area contributed by atoms with Gasteiger partial charge in [-0.1, -0.05) is 0 Å². The number of rotatable bonds is 5. The van der Waals surface area contributed by atoms with E-state index in [4.69, 9.17) is 4.74 Å². The van der Waals surface area contributed by atoms with Crippen LogP contribution in [0.2, 0.25) is 0 Å². The summed E-state index contributed by atoms with van der Waals surface area (Å²) in [6.45, 7) is 6.05. The lowest BCUT2D eigenvalue weighted by atomic mass is 10.1. The monoisotopic (exact) mass is 272 g/mol. The van der Waals surface area contributed by atoms with Crippen LogP contribution in [0.3, 0.4) is 0 Å². The topological polar surface area (TPSA) is 32.8 Å². The molecule has 19 heavy (non-hydrogen) atoms. The van der Waals surface area contributed by atoms with Crippen LogP contribution < -0.4 is 0 Å². The standard InChI is InChI=1S/C14H25FN2O2/c1-14(2,15)13(18)17-6-7-19-12(10-17)9-16(3)8-11-4-5-11/h11-12H,4-10H2,1-3H3. The predicted molar refractivity (Wildman–Crippen MR) is 71.7 cm³/mol. The van der Waals surface area contributed by atoms with Gasteiger partial charge in [-0.25, -0.2) is 4.39 Å². The van der Waals surface area contributed by atoms with E-state index in [0.717, 1.165) is 19.0 Å². The summed E-state index contributed by atoms with van der Waals surface area (Å²) in [7, 11) is 2.08. The average molecular weight is 272 g/mol. The molecule has 0 radical (unpaired) electrons. The number of ether oxygens (including phenoxy) is 1. The van der Waals surface area contributed by atoms with E-state index < -0.39 is 11.6 Å². The van der Waals surface area contributed by atoms with E-state index in [-0.39, 0.29) is 6.10 Å². The van der Waals surface area contributed by atoms with Crippen molar-refractivity contribution in [2.24, 2.45) is 5.92 Å². The third-order valence-electron chi connectivity index (χ3n) is 3.72. The quantitative estimate of drug-likeness (QED) is 0.756. The first kappa shape index (κ1) is 14.7. The molecule has 0 spiro atoms. The molecule has 1 aliphatic heterocycles. The maximum Gasteiger partial charge on any atom is 0.259 e. The molecule has 0 aromatic rings. The van der Waals surface area contributed by atoms with Gasteiger partial charge in [-0.2, -0.15) is 0 Å². The number of likely N-dealkylation sites (N-methyl/N-ethyl adjacent to an activating group) is 1. The Morgan fingerprint density at radius 3 is 2.68 bits per heavy atom. The second-order valence-corrected chi connectivity index (χ2v) is 6.38. The summed E-state index contributed by atoms with van der Waals surface area (Å²) < 4.78 is 19.4. The van der Waals surface area contributed by atoms with Crippen LogP contribution in [0.15, 0.2) is 0 Å². The van der Waals surface area contributed by atoms with E-state index in [1.54, 1.807) is 4.90 Å². The van der Waals surface area contributed by atoms with Gasteiger partial charge in [0, 0.05) is 26.2 Å². The lowest BCUT2D eigenvalue weighted by molar-refractivity contribution is -0.149. The van der Waals surface area contributed by atoms with Crippen LogP contribution in [0.4, 0.5) is 4.39 Å². The van der Waals surface area contributed by atoms with Crippen molar-refractivity contribution in [1.82, 2.24) is 9.80 Å². The van der Waals surface area contributed by atoms with Gasteiger partial charge in [0.1, 0.15) is 0 Å². The molecule has 0 N–H and O–H groups in total. The van der Waals surface area contributed by atoms with Gasteiger partial charge in [0.15, 0.2) is 5.67 Å². The van der Waals surface area contributed by atoms with Crippen LogP contribution in [0, 0.1) is 5.92 Å². The molecule has 5 heteroatoms. The molecule has 1 aliphatic carbocycles. The third kappa shape index (κ3) is 4.42. The Morgan fingerprint density at radius 2 is 2.11 bits per heavy atom. The van der Waals surface area contributed by atoms with Crippen molar-refractivity contribution >= 4 is 5.91 Å². The predicted octanol–water partition coefficient (Wildman–Crippen LogP) is 1.30. The summed E-state index contributed by atoms with van der Waals surface area (Å²) in [6.07, 6.45) is 2.66. The van der Waals surface area contributed by atoms with Gasteiger partial charge in [0.25, 0.3) is 5.91 Å². The number of carbonyl (C=O) groups is 1. The smallest absolute Gasteiger partial charge is 0.259 e. The van der Waals surface area contributed by atoms with Gasteiger partial charge < -0.3 is 14.5 Å². The zero-order valence-corrected chi connectivity index (χ0v) is 12.2. The number of halogens is 1. The van der Waals surface area contributed by atoms with Crippen LogP contribution >= 0.6 is 0 Å². The number of morpholine rings is 1. The van der Waals surface area contributed by atoms with Crippen molar-refractivity contribution in [3.8, 4) is 0 Å². The van der Waals surface area contributed by atoms with Crippen molar-refractivity contribution in [1.29, 1.82) is 0 Å². The van der Waals surface area contributed by atoms with E-state index >= 15 is 0 Å². The van der Waals surface area contributed by atoms with Crippen molar-refractivity contribution in [2.75, 3.05) is 39.8 Å². The Kier molecular flexibility index (Phi) is 4.46. The fourth-order valence-electron chi connectivity index (χ4n) is 2.55. The Morgan fingerprint density at radius 1 is 1.42 bits per heavy atom. The van der Waals surface area contributed by atoms with Crippen molar-refractivity contribution in [3.05, 3.63) is 0 Å².